The molecule has 4 nitrogen and oxygen atoms in total. The van der Waals surface area contributed by atoms with Gasteiger partial charge in [0.2, 0.25) is 0 Å². The molecule has 0 fully saturated rings. The van der Waals surface area contributed by atoms with Crippen LogP contribution in [-0.2, 0) is 9.53 Å². The molecule has 1 aliphatic rings. The van der Waals surface area contributed by atoms with Crippen LogP contribution < -0.4 is 17.1 Å². The number of hydrogen-bond acceptors (Lipinski definition) is 4. The minimum absolute atomic E-state index is 0. The Kier molecular flexibility index (Phi) is 6.85. The molecule has 0 aliphatic carbocycles. The summed E-state index contributed by atoms with van der Waals surface area (Å²) in [6.45, 7) is 7.29. The van der Waals surface area contributed by atoms with Crippen molar-refractivity contribution in [2.75, 3.05) is 26.2 Å². The molecule has 134 valence electrons. The van der Waals surface area contributed by atoms with E-state index in [1.807, 2.05) is 48.5 Å². The van der Waals surface area contributed by atoms with Crippen molar-refractivity contribution < 1.29 is 26.7 Å². The number of fused-ring (bicyclic) bond motifs is 2. The summed E-state index contributed by atoms with van der Waals surface area (Å²) in [6, 6.07) is 15.3. The Hall–Kier alpha value is -2.04. The molecule has 0 radical (unpaired) electrons. The van der Waals surface area contributed by atoms with Crippen LogP contribution in [0.1, 0.15) is 30.9 Å². The summed E-state index contributed by atoms with van der Waals surface area (Å²) < 4.78 is 11.5. The highest BCUT2D eigenvalue weighted by Crippen LogP contribution is 2.44. The van der Waals surface area contributed by atoms with E-state index in [0.717, 1.165) is 42.3 Å². The Morgan fingerprint density at radius 3 is 2.04 bits per heavy atom. The van der Waals surface area contributed by atoms with E-state index in [9.17, 15) is 4.79 Å². The largest absolute Gasteiger partial charge is 1.00 e. The van der Waals surface area contributed by atoms with E-state index in [0.29, 0.717) is 6.61 Å². The van der Waals surface area contributed by atoms with Crippen molar-refractivity contribution in [1.82, 2.24) is 4.90 Å². The zero-order chi connectivity index (χ0) is 16.9. The molecule has 0 atom stereocenters. The van der Waals surface area contributed by atoms with E-state index in [1.165, 1.54) is 0 Å². The number of esters is 1. The fourth-order valence-electron chi connectivity index (χ4n) is 3.06. The number of nitrogens with zero attached hydrogens (tertiary/aromatic N) is 1. The zero-order valence-electron chi connectivity index (χ0n) is 14.6. The lowest BCUT2D eigenvalue weighted by Gasteiger charge is -2.27. The Morgan fingerprint density at radius 1 is 1.00 bits per heavy atom. The van der Waals surface area contributed by atoms with Gasteiger partial charge in [-0.15, -0.1) is 0 Å². The Balaban J connectivity index is 0.00000225. The van der Waals surface area contributed by atoms with E-state index < -0.39 is 5.92 Å². The highest BCUT2D eigenvalue weighted by Gasteiger charge is 2.33. The summed E-state index contributed by atoms with van der Waals surface area (Å²) in [6.07, 6.45) is 0. The smallest absolute Gasteiger partial charge is 0.318 e. The van der Waals surface area contributed by atoms with Crippen LogP contribution in [0.5, 0.6) is 11.5 Å². The standard InChI is InChI=1S/C20H23NO3.ClH/c1-3-21(4-2)13-14-23-20(22)19-15-9-5-7-11-17(15)24-18-12-8-6-10-16(18)19;/h5-12,19H,3-4,13-14H2,1-2H3;1H/p-1. The molecule has 25 heavy (non-hydrogen) atoms. The van der Waals surface area contributed by atoms with Crippen molar-refractivity contribution in [1.29, 1.82) is 0 Å². The van der Waals surface area contributed by atoms with Crippen LogP contribution in [0.2, 0.25) is 0 Å². The van der Waals surface area contributed by atoms with Gasteiger partial charge in [0, 0.05) is 17.7 Å². The van der Waals surface area contributed by atoms with Crippen LogP contribution in [-0.4, -0.2) is 37.1 Å². The number of carbonyl (C=O) groups excluding carboxylic acids is 1. The van der Waals surface area contributed by atoms with Gasteiger partial charge in [-0.2, -0.15) is 0 Å². The second-order valence-corrected chi connectivity index (χ2v) is 5.81. The molecule has 2 aromatic carbocycles. The molecule has 0 saturated heterocycles. The van der Waals surface area contributed by atoms with E-state index in [2.05, 4.69) is 18.7 Å². The maximum atomic E-state index is 12.8. The Morgan fingerprint density at radius 2 is 1.52 bits per heavy atom. The number of ether oxygens (including phenoxy) is 2. The fraction of sp³-hybridized carbons (Fsp3) is 0.350. The first kappa shape index (κ1) is 19.3. The van der Waals surface area contributed by atoms with Crippen molar-refractivity contribution in [2.24, 2.45) is 0 Å². The van der Waals surface area contributed by atoms with Gasteiger partial charge in [0.1, 0.15) is 24.0 Å². The van der Waals surface area contributed by atoms with Gasteiger partial charge in [-0.25, -0.2) is 0 Å². The van der Waals surface area contributed by atoms with Crippen molar-refractivity contribution in [2.45, 2.75) is 19.8 Å². The van der Waals surface area contributed by atoms with Crippen molar-refractivity contribution in [3.8, 4) is 11.5 Å². The van der Waals surface area contributed by atoms with Crippen LogP contribution >= 0.6 is 0 Å². The molecule has 5 heteroatoms. The first-order chi connectivity index (χ1) is 11.7. The van der Waals surface area contributed by atoms with Crippen molar-refractivity contribution in [3.63, 3.8) is 0 Å². The molecule has 1 aliphatic heterocycles. The van der Waals surface area contributed by atoms with Crippen LogP contribution in [0.15, 0.2) is 48.5 Å². The molecule has 1 heterocycles. The summed E-state index contributed by atoms with van der Waals surface area (Å²) in [7, 11) is 0. The van der Waals surface area contributed by atoms with Crippen LogP contribution in [0.4, 0.5) is 0 Å². The Labute approximate surface area is 155 Å². The van der Waals surface area contributed by atoms with Crippen LogP contribution in [0.3, 0.4) is 0 Å². The van der Waals surface area contributed by atoms with Gasteiger partial charge in [0.25, 0.3) is 0 Å². The van der Waals surface area contributed by atoms with E-state index in [-0.39, 0.29) is 18.4 Å². The lowest BCUT2D eigenvalue weighted by atomic mass is 9.88. The molecule has 3 rings (SSSR count). The number of likely N-dealkylation sites (N-methyl/N-ethyl adjacent to an activating group) is 1. The number of hydrogen-bond donors (Lipinski definition) is 0. The average molecular weight is 361 g/mol. The monoisotopic (exact) mass is 360 g/mol. The zero-order valence-corrected chi connectivity index (χ0v) is 15.3. The highest BCUT2D eigenvalue weighted by atomic mass is 35.5. The summed E-state index contributed by atoms with van der Waals surface area (Å²) in [5.74, 6) is 0.803. The lowest BCUT2D eigenvalue weighted by Crippen LogP contribution is -3.00. The van der Waals surface area contributed by atoms with E-state index >= 15 is 0 Å². The highest BCUT2D eigenvalue weighted by molar-refractivity contribution is 5.85. The second kappa shape index (κ2) is 8.88. The number of rotatable bonds is 6. The first-order valence-corrected chi connectivity index (χ1v) is 8.49. The van der Waals surface area contributed by atoms with Crippen molar-refractivity contribution >= 4 is 5.97 Å². The third-order valence-corrected chi connectivity index (χ3v) is 4.46. The molecule has 2 aromatic rings. The van der Waals surface area contributed by atoms with Gasteiger partial charge in [-0.05, 0) is 25.2 Å². The van der Waals surface area contributed by atoms with Gasteiger partial charge in [-0.3, -0.25) is 4.79 Å². The summed E-state index contributed by atoms with van der Waals surface area (Å²) in [4.78, 5) is 15.0. The number of benzene rings is 2. The average Bonchev–Trinajstić information content (AvgIpc) is 2.63. The van der Waals surface area contributed by atoms with Gasteiger partial charge >= 0.3 is 5.97 Å². The minimum atomic E-state index is -0.428. The molecule has 0 saturated carbocycles. The normalized spacial score (nSPS) is 12.6. The quantitative estimate of drug-likeness (QED) is 0.715. The van der Waals surface area contributed by atoms with Gasteiger partial charge in [0.15, 0.2) is 0 Å². The van der Waals surface area contributed by atoms with Gasteiger partial charge in [-0.1, -0.05) is 50.2 Å². The maximum absolute atomic E-state index is 12.8. The number of halogens is 1. The third kappa shape index (κ3) is 4.14. The summed E-state index contributed by atoms with van der Waals surface area (Å²) >= 11 is 0. The Bertz CT molecular complexity index is 670. The topological polar surface area (TPSA) is 38.8 Å². The summed E-state index contributed by atoms with van der Waals surface area (Å²) in [5, 5.41) is 0. The second-order valence-electron chi connectivity index (χ2n) is 5.81. The first-order valence-electron chi connectivity index (χ1n) is 8.49. The van der Waals surface area contributed by atoms with E-state index in [4.69, 9.17) is 9.47 Å². The third-order valence-electron chi connectivity index (χ3n) is 4.46. The molecule has 0 N–H and O–H groups in total. The molecule has 0 unspecified atom stereocenters. The maximum Gasteiger partial charge on any atom is 0.318 e. The van der Waals surface area contributed by atoms with Crippen LogP contribution in [0, 0.1) is 0 Å². The molecule has 0 aromatic heterocycles. The van der Waals surface area contributed by atoms with Gasteiger partial charge in [0.05, 0.1) is 0 Å². The van der Waals surface area contributed by atoms with Crippen LogP contribution in [0.25, 0.3) is 0 Å². The van der Waals surface area contributed by atoms with Crippen molar-refractivity contribution in [3.05, 3.63) is 59.7 Å². The van der Waals surface area contributed by atoms with Gasteiger partial charge < -0.3 is 26.8 Å². The molecule has 0 bridgehead atoms. The lowest BCUT2D eigenvalue weighted by molar-refractivity contribution is -0.145. The SMILES string of the molecule is CCN(CC)CCOC(=O)C1c2ccccc2Oc2ccccc21.[Cl-]. The fourth-order valence-corrected chi connectivity index (χ4v) is 3.06. The minimum Gasteiger partial charge on any atom is -1.00 e. The number of para-hydroxylation sites is 2. The predicted molar refractivity (Wildman–Crippen MR) is 93.5 cm³/mol. The molecular weight excluding hydrogens is 338 g/mol. The molecule has 0 amide bonds. The molecular formula is C20H23ClNO3-. The van der Waals surface area contributed by atoms with E-state index in [1.54, 1.807) is 0 Å². The predicted octanol–water partition coefficient (Wildman–Crippen LogP) is 0.813. The summed E-state index contributed by atoms with van der Waals surface area (Å²) in [5.41, 5.74) is 1.73. The molecule has 0 spiro atoms. The number of carbonyl (C=O) groups is 1.